The van der Waals surface area contributed by atoms with Crippen molar-refractivity contribution in [2.45, 2.75) is 71.3 Å². The van der Waals surface area contributed by atoms with E-state index in [0.717, 1.165) is 57.5 Å². The number of carbonyl (C=O) groups excluding carboxylic acids is 1. The van der Waals surface area contributed by atoms with Crippen molar-refractivity contribution in [3.8, 4) is 0 Å². The molecule has 1 N–H and O–H groups in total. The number of nitrogens with zero attached hydrogens (tertiary/aromatic N) is 1. The van der Waals surface area contributed by atoms with Crippen molar-refractivity contribution in [2.24, 2.45) is 39.7 Å². The third-order valence-corrected chi connectivity index (χ3v) is 9.25. The second-order valence-corrected chi connectivity index (χ2v) is 10.5. The Morgan fingerprint density at radius 3 is 2.67 bits per heavy atom. The maximum Gasteiger partial charge on any atom is 0.152 e. The van der Waals surface area contributed by atoms with Crippen LogP contribution >= 0.6 is 0 Å². The summed E-state index contributed by atoms with van der Waals surface area (Å²) >= 11 is 0. The number of carbonyl (C=O) groups is 1. The summed E-state index contributed by atoms with van der Waals surface area (Å²) in [4.78, 5) is 18.3. The highest BCUT2D eigenvalue weighted by Gasteiger charge is 2.60. The predicted octanol–water partition coefficient (Wildman–Crippen LogP) is 4.11. The van der Waals surface area contributed by atoms with Crippen LogP contribution < -0.4 is 5.32 Å². The smallest absolute Gasteiger partial charge is 0.152 e. The van der Waals surface area contributed by atoms with E-state index >= 15 is 0 Å². The van der Waals surface area contributed by atoms with Crippen molar-refractivity contribution in [1.82, 2.24) is 5.32 Å². The molecule has 0 aromatic carbocycles. The molecular weight excluding hydrogens is 336 g/mol. The third-order valence-electron chi connectivity index (χ3n) is 9.25. The van der Waals surface area contributed by atoms with Gasteiger partial charge in [0.05, 0.1) is 5.71 Å². The Morgan fingerprint density at radius 1 is 1.11 bits per heavy atom. The van der Waals surface area contributed by atoms with Crippen molar-refractivity contribution in [2.75, 3.05) is 13.1 Å². The van der Waals surface area contributed by atoms with Gasteiger partial charge >= 0.3 is 0 Å². The predicted molar refractivity (Wildman–Crippen MR) is 106 cm³/mol. The maximum atomic E-state index is 12.6. The van der Waals surface area contributed by atoms with Gasteiger partial charge in [-0.25, -0.2) is 0 Å². The molecule has 27 heavy (non-hydrogen) atoms. The van der Waals surface area contributed by atoms with Gasteiger partial charge in [-0.2, -0.15) is 0 Å². The molecule has 5 rings (SSSR count). The van der Waals surface area contributed by atoms with Crippen LogP contribution in [0.3, 0.4) is 0 Å². The number of Topliss-reactive ketones (excluding diaryl/α,β-unsaturated/α-hetero) is 1. The summed E-state index contributed by atoms with van der Waals surface area (Å²) in [6.07, 6.45) is 8.91. The van der Waals surface area contributed by atoms with Crippen LogP contribution in [0.15, 0.2) is 17.3 Å². The fourth-order valence-corrected chi connectivity index (χ4v) is 7.39. The van der Waals surface area contributed by atoms with E-state index in [4.69, 9.17) is 4.84 Å². The van der Waals surface area contributed by atoms with Crippen LogP contribution in [-0.2, 0) is 9.63 Å². The molecule has 0 aromatic heterocycles. The number of hydrogen-bond donors (Lipinski definition) is 1. The average molecular weight is 371 g/mol. The summed E-state index contributed by atoms with van der Waals surface area (Å²) in [6, 6.07) is 0. The minimum absolute atomic E-state index is 0.0451. The SMILES string of the molecule is C=C1C[C@@H]2[C@H](CC[C@]3(C)C(=O)CC[C@@H]23)[C@@]2(C)CC/C(=N\OC3CNC3)CC12. The molecule has 0 bridgehead atoms. The summed E-state index contributed by atoms with van der Waals surface area (Å²) in [5.41, 5.74) is 2.93. The third kappa shape index (κ3) is 2.58. The highest BCUT2D eigenvalue weighted by atomic mass is 16.6. The molecule has 4 aliphatic carbocycles. The number of fused-ring (bicyclic) bond motifs is 5. The Hall–Kier alpha value is -1.16. The maximum absolute atomic E-state index is 12.6. The van der Waals surface area contributed by atoms with Gasteiger partial charge in [0, 0.05) is 24.9 Å². The van der Waals surface area contributed by atoms with Crippen LogP contribution in [0.5, 0.6) is 0 Å². The van der Waals surface area contributed by atoms with Gasteiger partial charge in [0.1, 0.15) is 5.78 Å². The summed E-state index contributed by atoms with van der Waals surface area (Å²) in [6.45, 7) is 11.2. The standard InChI is InChI=1S/C23H34N2O2/c1-14-10-17-18-4-5-21(26)23(18,3)9-7-19(17)22(2)8-6-15(11-20(14)22)25-27-16-12-24-13-16/h16-20,24H,1,4-13H2,2-3H3/b25-15+/t17-,18-,19-,20?,22+,23-/m0/s1. The van der Waals surface area contributed by atoms with E-state index in [2.05, 4.69) is 30.9 Å². The first-order valence-electron chi connectivity index (χ1n) is 11.0. The number of ketones is 1. The molecule has 1 heterocycles. The Morgan fingerprint density at radius 2 is 1.93 bits per heavy atom. The van der Waals surface area contributed by atoms with Crippen LogP contribution in [0.4, 0.5) is 0 Å². The van der Waals surface area contributed by atoms with Crippen molar-refractivity contribution < 1.29 is 9.63 Å². The molecule has 6 atom stereocenters. The lowest BCUT2D eigenvalue weighted by Crippen LogP contribution is -2.54. The Bertz CT molecular complexity index is 696. The fraction of sp³-hybridized carbons (Fsp3) is 0.826. The van der Waals surface area contributed by atoms with E-state index in [1.54, 1.807) is 0 Å². The molecule has 1 unspecified atom stereocenters. The molecule has 5 fully saturated rings. The van der Waals surface area contributed by atoms with Crippen LogP contribution in [0, 0.1) is 34.5 Å². The molecule has 4 nitrogen and oxygen atoms in total. The summed E-state index contributed by atoms with van der Waals surface area (Å²) < 4.78 is 0. The van der Waals surface area contributed by atoms with Crippen LogP contribution in [-0.4, -0.2) is 30.7 Å². The van der Waals surface area contributed by atoms with Crippen LogP contribution in [0.2, 0.25) is 0 Å². The number of hydrogen-bond acceptors (Lipinski definition) is 4. The van der Waals surface area contributed by atoms with E-state index in [1.165, 1.54) is 24.1 Å². The van der Waals surface area contributed by atoms with Gasteiger partial charge in [-0.1, -0.05) is 31.2 Å². The number of rotatable bonds is 2. The molecule has 0 aromatic rings. The molecule has 1 saturated heterocycles. The number of allylic oxidation sites excluding steroid dienone is 1. The first kappa shape index (κ1) is 17.9. The normalized spacial score (nSPS) is 48.6. The lowest BCUT2D eigenvalue weighted by atomic mass is 9.44. The van der Waals surface area contributed by atoms with E-state index in [1.807, 2.05) is 0 Å². The monoisotopic (exact) mass is 370 g/mol. The van der Waals surface area contributed by atoms with Gasteiger partial charge < -0.3 is 10.2 Å². The lowest BCUT2D eigenvalue weighted by Gasteiger charge is -2.60. The Balaban J connectivity index is 1.37. The topological polar surface area (TPSA) is 50.7 Å². The fourth-order valence-electron chi connectivity index (χ4n) is 7.39. The van der Waals surface area contributed by atoms with E-state index < -0.39 is 0 Å². The molecule has 1 aliphatic heterocycles. The minimum atomic E-state index is -0.0451. The highest BCUT2D eigenvalue weighted by molar-refractivity contribution is 5.87. The Kier molecular flexibility index (Phi) is 4.09. The zero-order chi connectivity index (χ0) is 18.8. The quantitative estimate of drug-likeness (QED) is 0.588. The van der Waals surface area contributed by atoms with Crippen LogP contribution in [0.1, 0.15) is 65.2 Å². The zero-order valence-corrected chi connectivity index (χ0v) is 16.9. The van der Waals surface area contributed by atoms with E-state index in [-0.39, 0.29) is 11.5 Å². The van der Waals surface area contributed by atoms with E-state index in [0.29, 0.717) is 29.0 Å². The number of oxime groups is 1. The van der Waals surface area contributed by atoms with Crippen molar-refractivity contribution in [3.63, 3.8) is 0 Å². The molecule has 148 valence electrons. The molecule has 5 aliphatic rings. The van der Waals surface area contributed by atoms with Crippen molar-refractivity contribution in [3.05, 3.63) is 12.2 Å². The van der Waals surface area contributed by atoms with Gasteiger partial charge in [0.15, 0.2) is 6.10 Å². The second-order valence-electron chi connectivity index (χ2n) is 10.5. The molecule has 0 radical (unpaired) electrons. The van der Waals surface area contributed by atoms with Crippen molar-refractivity contribution in [1.29, 1.82) is 0 Å². The van der Waals surface area contributed by atoms with Gasteiger partial charge in [-0.15, -0.1) is 0 Å². The molecule has 0 spiro atoms. The first-order valence-corrected chi connectivity index (χ1v) is 11.0. The Labute approximate surface area is 163 Å². The summed E-state index contributed by atoms with van der Waals surface area (Å²) in [5, 5.41) is 7.76. The first-order chi connectivity index (χ1) is 12.9. The molecular formula is C23H34N2O2. The largest absolute Gasteiger partial charge is 0.390 e. The summed E-state index contributed by atoms with van der Waals surface area (Å²) in [5.74, 6) is 3.07. The summed E-state index contributed by atoms with van der Waals surface area (Å²) in [7, 11) is 0. The second kappa shape index (κ2) is 6.17. The molecule has 4 heteroatoms. The zero-order valence-electron chi connectivity index (χ0n) is 16.9. The minimum Gasteiger partial charge on any atom is -0.390 e. The average Bonchev–Trinajstić information content (AvgIpc) is 2.90. The highest BCUT2D eigenvalue weighted by Crippen LogP contribution is 2.66. The number of nitrogens with one attached hydrogen (secondary N) is 1. The lowest BCUT2D eigenvalue weighted by molar-refractivity contribution is -0.134. The van der Waals surface area contributed by atoms with Gasteiger partial charge in [-0.3, -0.25) is 4.79 Å². The van der Waals surface area contributed by atoms with Crippen LogP contribution in [0.25, 0.3) is 0 Å². The van der Waals surface area contributed by atoms with Gasteiger partial charge in [0.25, 0.3) is 0 Å². The van der Waals surface area contributed by atoms with Gasteiger partial charge in [0.2, 0.25) is 0 Å². The molecule has 0 amide bonds. The van der Waals surface area contributed by atoms with Gasteiger partial charge in [-0.05, 0) is 74.0 Å². The van der Waals surface area contributed by atoms with Crippen molar-refractivity contribution >= 4 is 11.5 Å². The molecule has 4 saturated carbocycles. The van der Waals surface area contributed by atoms with E-state index in [9.17, 15) is 4.79 Å².